The molecule has 2 aromatic heterocycles. The minimum atomic E-state index is 0.816. The van der Waals surface area contributed by atoms with Gasteiger partial charge in [-0.05, 0) is 28.1 Å². The molecule has 0 saturated carbocycles. The minimum absolute atomic E-state index is 0.816. The molecule has 2 aromatic rings. The van der Waals surface area contributed by atoms with Gasteiger partial charge >= 0.3 is 0 Å². The van der Waals surface area contributed by atoms with Crippen molar-refractivity contribution >= 4 is 50.2 Å². The van der Waals surface area contributed by atoms with Crippen LogP contribution in [0, 0.1) is 5.38 Å². The zero-order valence-corrected chi connectivity index (χ0v) is 9.78. The summed E-state index contributed by atoms with van der Waals surface area (Å²) in [5.41, 5.74) is 1.11. The second kappa shape index (κ2) is 3.50. The molecule has 4 heteroatoms. The van der Waals surface area contributed by atoms with Crippen LogP contribution in [0.4, 0.5) is 0 Å². The van der Waals surface area contributed by atoms with Crippen molar-refractivity contribution in [2.24, 2.45) is 0 Å². The summed E-state index contributed by atoms with van der Waals surface area (Å²) in [7, 11) is 0. The lowest BCUT2D eigenvalue weighted by molar-refractivity contribution is 1.82. The molecule has 0 spiro atoms. The van der Waals surface area contributed by atoms with Crippen molar-refractivity contribution in [1.29, 1.82) is 0 Å². The fraction of sp³-hybridized carbons (Fsp3) is 0. The van der Waals surface area contributed by atoms with Gasteiger partial charge in [0.15, 0.2) is 0 Å². The third-order valence-corrected chi connectivity index (χ3v) is 4.23. The first kappa shape index (κ1) is 8.75. The van der Waals surface area contributed by atoms with Crippen molar-refractivity contribution in [2.75, 3.05) is 0 Å². The first-order chi connectivity index (χ1) is 5.77. The molecule has 2 heterocycles. The Balaban J connectivity index is 2.50. The molecule has 2 rings (SSSR count). The summed E-state index contributed by atoms with van der Waals surface area (Å²) >= 11 is 12.4. The van der Waals surface area contributed by atoms with Crippen LogP contribution >= 0.6 is 50.2 Å². The van der Waals surface area contributed by atoms with Crippen LogP contribution in [-0.2, 0) is 0 Å². The Hall–Kier alpha value is 0.170. The normalized spacial score (nSPS) is 10.5. The molecule has 0 amide bonds. The predicted molar refractivity (Wildman–Crippen MR) is 59.2 cm³/mol. The van der Waals surface area contributed by atoms with E-state index in [9.17, 15) is 0 Å². The molecule has 0 aliphatic heterocycles. The fourth-order valence-corrected chi connectivity index (χ4v) is 3.46. The van der Waals surface area contributed by atoms with Gasteiger partial charge in [-0.3, -0.25) is 0 Å². The maximum absolute atomic E-state index is 5.82. The van der Waals surface area contributed by atoms with Gasteiger partial charge in [0.05, 0.1) is 9.72 Å². The minimum Gasteiger partial charge on any atom is -0.141 e. The lowest BCUT2D eigenvalue weighted by atomic mass is 10.3. The van der Waals surface area contributed by atoms with Crippen LogP contribution in [0.2, 0.25) is 4.34 Å². The van der Waals surface area contributed by atoms with E-state index in [-0.39, 0.29) is 0 Å². The molecule has 0 aliphatic rings. The first-order valence-corrected chi connectivity index (χ1v) is 6.04. The van der Waals surface area contributed by atoms with E-state index >= 15 is 0 Å². The van der Waals surface area contributed by atoms with Crippen molar-refractivity contribution in [3.05, 3.63) is 31.7 Å². The van der Waals surface area contributed by atoms with Crippen molar-refractivity contribution in [3.63, 3.8) is 0 Å². The molecular formula is C8H3BrClS2. The SMILES string of the molecule is Clc1ccc(-c2[c]scc2Br)s1. The van der Waals surface area contributed by atoms with Crippen LogP contribution in [0.15, 0.2) is 22.0 Å². The monoisotopic (exact) mass is 277 g/mol. The summed E-state index contributed by atoms with van der Waals surface area (Å²) < 4.78 is 1.91. The Kier molecular flexibility index (Phi) is 2.55. The summed E-state index contributed by atoms with van der Waals surface area (Å²) in [4.78, 5) is 1.16. The molecule has 0 aliphatic carbocycles. The van der Waals surface area contributed by atoms with E-state index in [1.807, 2.05) is 17.5 Å². The van der Waals surface area contributed by atoms with E-state index < -0.39 is 0 Å². The highest BCUT2D eigenvalue weighted by Gasteiger charge is 2.06. The predicted octanol–water partition coefficient (Wildman–Crippen LogP) is 4.69. The smallest absolute Gasteiger partial charge is 0.0934 e. The van der Waals surface area contributed by atoms with E-state index in [1.165, 1.54) is 0 Å². The van der Waals surface area contributed by atoms with Gasteiger partial charge in [0.2, 0.25) is 0 Å². The first-order valence-electron chi connectivity index (χ1n) is 3.18. The van der Waals surface area contributed by atoms with Gasteiger partial charge in [-0.25, -0.2) is 0 Å². The number of hydrogen-bond donors (Lipinski definition) is 0. The highest BCUT2D eigenvalue weighted by molar-refractivity contribution is 9.10. The number of hydrogen-bond acceptors (Lipinski definition) is 2. The standard InChI is InChI=1S/C8H3BrClS2/c9-6-4-11-3-5(6)7-1-2-8(10)12-7/h1-2,4H. The lowest BCUT2D eigenvalue weighted by Gasteiger charge is -1.90. The molecule has 61 valence electrons. The summed E-state index contributed by atoms with van der Waals surface area (Å²) in [5.74, 6) is 0. The Morgan fingerprint density at radius 1 is 1.42 bits per heavy atom. The van der Waals surface area contributed by atoms with E-state index in [4.69, 9.17) is 11.6 Å². The van der Waals surface area contributed by atoms with Crippen LogP contribution in [0.5, 0.6) is 0 Å². The molecule has 0 atom stereocenters. The molecule has 0 nitrogen and oxygen atoms in total. The summed E-state index contributed by atoms with van der Waals surface area (Å²) in [6, 6.07) is 3.91. The van der Waals surface area contributed by atoms with E-state index in [0.29, 0.717) is 0 Å². The van der Waals surface area contributed by atoms with Crippen molar-refractivity contribution in [1.82, 2.24) is 0 Å². The third-order valence-electron chi connectivity index (χ3n) is 1.38. The second-order valence-electron chi connectivity index (χ2n) is 2.16. The van der Waals surface area contributed by atoms with Crippen LogP contribution in [0.1, 0.15) is 0 Å². The van der Waals surface area contributed by atoms with Crippen molar-refractivity contribution in [2.45, 2.75) is 0 Å². The van der Waals surface area contributed by atoms with Crippen LogP contribution in [0.3, 0.4) is 0 Å². The van der Waals surface area contributed by atoms with Crippen LogP contribution in [-0.4, -0.2) is 0 Å². The van der Waals surface area contributed by atoms with Gasteiger partial charge < -0.3 is 0 Å². The molecule has 0 bridgehead atoms. The van der Waals surface area contributed by atoms with Crippen molar-refractivity contribution < 1.29 is 0 Å². The summed E-state index contributed by atoms with van der Waals surface area (Å²) in [6.45, 7) is 0. The van der Waals surface area contributed by atoms with E-state index in [2.05, 4.69) is 21.3 Å². The molecule has 1 radical (unpaired) electrons. The molecule has 0 unspecified atom stereocenters. The third kappa shape index (κ3) is 1.59. The molecule has 12 heavy (non-hydrogen) atoms. The Morgan fingerprint density at radius 3 is 2.75 bits per heavy atom. The highest BCUT2D eigenvalue weighted by Crippen LogP contribution is 2.36. The zero-order valence-electron chi connectivity index (χ0n) is 5.80. The van der Waals surface area contributed by atoms with Crippen LogP contribution < -0.4 is 0 Å². The van der Waals surface area contributed by atoms with Crippen molar-refractivity contribution in [3.8, 4) is 10.4 Å². The van der Waals surface area contributed by atoms with Crippen LogP contribution in [0.25, 0.3) is 10.4 Å². The maximum Gasteiger partial charge on any atom is 0.0934 e. The number of rotatable bonds is 1. The van der Waals surface area contributed by atoms with E-state index in [1.54, 1.807) is 22.7 Å². The number of thiophene rings is 2. The van der Waals surface area contributed by atoms with Gasteiger partial charge in [0.25, 0.3) is 0 Å². The maximum atomic E-state index is 5.82. The van der Waals surface area contributed by atoms with Gasteiger partial charge in [0, 0.05) is 20.3 Å². The van der Waals surface area contributed by atoms with Gasteiger partial charge in [-0.15, -0.1) is 22.7 Å². The highest BCUT2D eigenvalue weighted by atomic mass is 79.9. The second-order valence-corrected chi connectivity index (χ2v) is 5.41. The molecule has 0 N–H and O–H groups in total. The average Bonchev–Trinajstić information content (AvgIpc) is 2.58. The average molecular weight is 279 g/mol. The van der Waals surface area contributed by atoms with Gasteiger partial charge in [-0.2, -0.15) is 0 Å². The van der Waals surface area contributed by atoms with Gasteiger partial charge in [0.1, 0.15) is 0 Å². The Morgan fingerprint density at radius 2 is 2.25 bits per heavy atom. The molecule has 0 fully saturated rings. The van der Waals surface area contributed by atoms with Gasteiger partial charge in [-0.1, -0.05) is 11.6 Å². The largest absolute Gasteiger partial charge is 0.141 e. The van der Waals surface area contributed by atoms with E-state index in [0.717, 1.165) is 19.2 Å². The summed E-state index contributed by atoms with van der Waals surface area (Å²) in [6.07, 6.45) is 0. The molecule has 0 saturated heterocycles. The fourth-order valence-electron chi connectivity index (χ4n) is 0.864. The molecular weight excluding hydrogens is 276 g/mol. The zero-order chi connectivity index (χ0) is 8.55. The molecule has 0 aromatic carbocycles. The Labute approximate surface area is 91.9 Å². The summed E-state index contributed by atoms with van der Waals surface area (Å²) in [5, 5.41) is 5.20. The number of halogens is 2. The lowest BCUT2D eigenvalue weighted by Crippen LogP contribution is -1.63. The Bertz CT molecular complexity index is 391. The topological polar surface area (TPSA) is 0 Å². The quantitative estimate of drug-likeness (QED) is 0.710.